The number of imidazole rings is 1. The maximum absolute atomic E-state index is 9.10. The molecule has 1 fully saturated rings. The number of aromatic nitrogens is 4. The maximum Gasteiger partial charge on any atom is 0.115 e. The Balaban J connectivity index is 2.08. The van der Waals surface area contributed by atoms with Crippen LogP contribution < -0.4 is 0 Å². The van der Waals surface area contributed by atoms with Crippen molar-refractivity contribution in [3.05, 3.63) is 59.7 Å². The number of ether oxygens (including phenoxy) is 1. The molecule has 27 heavy (non-hydrogen) atoms. The molecule has 0 bridgehead atoms. The minimum absolute atomic E-state index is 0.210. The topological polar surface area (TPSA) is 76.6 Å². The first-order chi connectivity index (χ1) is 13.0. The quantitative estimate of drug-likeness (QED) is 0.596. The fraction of sp³-hybridized carbons (Fsp3) is 0.429. The zero-order valence-electron chi connectivity index (χ0n) is 16.1. The molecule has 0 spiro atoms. The molecule has 6 heteroatoms. The normalized spacial score (nSPS) is 20.3. The first kappa shape index (κ1) is 19.0. The summed E-state index contributed by atoms with van der Waals surface area (Å²) in [6, 6.07) is 2.40. The smallest absolute Gasteiger partial charge is 0.115 e. The van der Waals surface area contributed by atoms with Gasteiger partial charge in [-0.05, 0) is 45.3 Å². The van der Waals surface area contributed by atoms with Crippen LogP contribution in [0.4, 0.5) is 0 Å². The SMILES string of the molecule is C=C(C#N)/C=C(\C)c1c(C)nc(Cc2cnccn2)n1C1CCO[C@H](C)C1. The Kier molecular flexibility index (Phi) is 5.82. The Hall–Kier alpha value is -2.78. The second-order valence-electron chi connectivity index (χ2n) is 7.03. The highest BCUT2D eigenvalue weighted by atomic mass is 16.5. The summed E-state index contributed by atoms with van der Waals surface area (Å²) in [6.45, 7) is 10.7. The van der Waals surface area contributed by atoms with E-state index in [2.05, 4.69) is 34.1 Å². The molecule has 3 heterocycles. The second-order valence-corrected chi connectivity index (χ2v) is 7.03. The summed E-state index contributed by atoms with van der Waals surface area (Å²) in [5.74, 6) is 0.970. The lowest BCUT2D eigenvalue weighted by molar-refractivity contribution is 0.00532. The lowest BCUT2D eigenvalue weighted by atomic mass is 10.0. The minimum atomic E-state index is 0.210. The molecule has 0 aromatic carbocycles. The maximum atomic E-state index is 9.10. The van der Waals surface area contributed by atoms with Crippen molar-refractivity contribution < 1.29 is 4.74 Å². The van der Waals surface area contributed by atoms with Crippen molar-refractivity contribution in [2.24, 2.45) is 0 Å². The molecule has 0 saturated carbocycles. The molecule has 2 aromatic heterocycles. The van der Waals surface area contributed by atoms with Gasteiger partial charge in [0.25, 0.3) is 0 Å². The van der Waals surface area contributed by atoms with Crippen LogP contribution in [0.25, 0.3) is 5.57 Å². The first-order valence-corrected chi connectivity index (χ1v) is 9.21. The van der Waals surface area contributed by atoms with Gasteiger partial charge in [-0.15, -0.1) is 0 Å². The summed E-state index contributed by atoms with van der Waals surface area (Å²) >= 11 is 0. The lowest BCUT2D eigenvalue weighted by Crippen LogP contribution is -2.27. The molecule has 0 radical (unpaired) electrons. The Morgan fingerprint density at radius 1 is 1.48 bits per heavy atom. The molecular weight excluding hydrogens is 338 g/mol. The summed E-state index contributed by atoms with van der Waals surface area (Å²) in [6.07, 6.45) is 9.68. The zero-order valence-corrected chi connectivity index (χ0v) is 16.1. The van der Waals surface area contributed by atoms with Gasteiger partial charge >= 0.3 is 0 Å². The van der Waals surface area contributed by atoms with E-state index in [1.165, 1.54) is 0 Å². The Morgan fingerprint density at radius 3 is 2.96 bits per heavy atom. The van der Waals surface area contributed by atoms with E-state index in [4.69, 9.17) is 15.0 Å². The monoisotopic (exact) mass is 363 g/mol. The average molecular weight is 363 g/mol. The summed E-state index contributed by atoms with van der Waals surface area (Å²) in [5, 5.41) is 9.10. The predicted molar refractivity (Wildman–Crippen MR) is 104 cm³/mol. The largest absolute Gasteiger partial charge is 0.378 e. The van der Waals surface area contributed by atoms with Crippen molar-refractivity contribution in [2.45, 2.75) is 52.2 Å². The third-order valence-electron chi connectivity index (χ3n) is 4.84. The lowest BCUT2D eigenvalue weighted by Gasteiger charge is -2.31. The van der Waals surface area contributed by atoms with E-state index >= 15 is 0 Å². The van der Waals surface area contributed by atoms with Crippen LogP contribution in [0.2, 0.25) is 0 Å². The van der Waals surface area contributed by atoms with Gasteiger partial charge in [-0.3, -0.25) is 9.97 Å². The highest BCUT2D eigenvalue weighted by molar-refractivity contribution is 5.67. The molecule has 3 rings (SSSR count). The highest BCUT2D eigenvalue weighted by Crippen LogP contribution is 2.33. The Bertz CT molecular complexity index is 891. The molecule has 1 saturated heterocycles. The van der Waals surface area contributed by atoms with Gasteiger partial charge in [0.15, 0.2) is 0 Å². The number of allylic oxidation sites excluding steroid dienone is 3. The predicted octanol–water partition coefficient (Wildman–Crippen LogP) is 3.80. The summed E-state index contributed by atoms with van der Waals surface area (Å²) in [7, 11) is 0. The van der Waals surface area contributed by atoms with Crippen LogP contribution in [0.3, 0.4) is 0 Å². The van der Waals surface area contributed by atoms with Crippen molar-refractivity contribution in [1.82, 2.24) is 19.5 Å². The van der Waals surface area contributed by atoms with Gasteiger partial charge in [-0.1, -0.05) is 6.58 Å². The van der Waals surface area contributed by atoms with Gasteiger partial charge in [-0.25, -0.2) is 4.98 Å². The Morgan fingerprint density at radius 2 is 2.30 bits per heavy atom. The molecule has 1 aliphatic rings. The number of hydrogen-bond donors (Lipinski definition) is 0. The van der Waals surface area contributed by atoms with Crippen LogP contribution in [0.1, 0.15) is 55.6 Å². The third-order valence-corrected chi connectivity index (χ3v) is 4.84. The van der Waals surface area contributed by atoms with Crippen molar-refractivity contribution in [3.8, 4) is 6.07 Å². The van der Waals surface area contributed by atoms with Crippen molar-refractivity contribution in [2.75, 3.05) is 6.61 Å². The molecule has 1 unspecified atom stereocenters. The zero-order chi connectivity index (χ0) is 19.4. The molecular formula is C21H25N5O. The molecule has 2 atom stereocenters. The van der Waals surface area contributed by atoms with E-state index < -0.39 is 0 Å². The average Bonchev–Trinajstić information content (AvgIpc) is 2.98. The molecule has 2 aromatic rings. The van der Waals surface area contributed by atoms with E-state index in [0.29, 0.717) is 18.0 Å². The molecule has 0 amide bonds. The summed E-state index contributed by atoms with van der Waals surface area (Å²) in [4.78, 5) is 13.4. The van der Waals surface area contributed by atoms with Gasteiger partial charge in [0.05, 0.1) is 29.3 Å². The Labute approximate surface area is 160 Å². The molecule has 6 nitrogen and oxygen atoms in total. The molecule has 140 valence electrons. The van der Waals surface area contributed by atoms with Crippen molar-refractivity contribution in [1.29, 1.82) is 5.26 Å². The van der Waals surface area contributed by atoms with Gasteiger partial charge in [0.1, 0.15) is 5.82 Å². The van der Waals surface area contributed by atoms with Gasteiger partial charge in [0.2, 0.25) is 0 Å². The van der Waals surface area contributed by atoms with E-state index in [0.717, 1.165) is 47.9 Å². The fourth-order valence-corrected chi connectivity index (χ4v) is 3.75. The fourth-order valence-electron chi connectivity index (χ4n) is 3.75. The van der Waals surface area contributed by atoms with E-state index in [1.54, 1.807) is 18.6 Å². The van der Waals surface area contributed by atoms with Crippen molar-refractivity contribution >= 4 is 5.57 Å². The van der Waals surface area contributed by atoms with Crippen LogP contribution in [-0.4, -0.2) is 32.2 Å². The second kappa shape index (κ2) is 8.28. The van der Waals surface area contributed by atoms with E-state index in [1.807, 2.05) is 19.9 Å². The van der Waals surface area contributed by atoms with Crippen LogP contribution in [0.5, 0.6) is 0 Å². The van der Waals surface area contributed by atoms with E-state index in [-0.39, 0.29) is 6.10 Å². The number of rotatable bonds is 5. The number of nitriles is 1. The van der Waals surface area contributed by atoms with Gasteiger partial charge < -0.3 is 9.30 Å². The minimum Gasteiger partial charge on any atom is -0.378 e. The number of hydrogen-bond acceptors (Lipinski definition) is 5. The van der Waals surface area contributed by atoms with E-state index in [9.17, 15) is 0 Å². The highest BCUT2D eigenvalue weighted by Gasteiger charge is 2.27. The number of nitrogens with zero attached hydrogens (tertiary/aromatic N) is 5. The van der Waals surface area contributed by atoms with Crippen LogP contribution in [0, 0.1) is 18.3 Å². The van der Waals surface area contributed by atoms with Crippen LogP contribution in [0.15, 0.2) is 36.8 Å². The molecule has 1 aliphatic heterocycles. The third kappa shape index (κ3) is 4.32. The van der Waals surface area contributed by atoms with Gasteiger partial charge in [-0.2, -0.15) is 5.26 Å². The molecule has 0 aliphatic carbocycles. The van der Waals surface area contributed by atoms with Crippen LogP contribution >= 0.6 is 0 Å². The van der Waals surface area contributed by atoms with Gasteiger partial charge in [0, 0.05) is 43.2 Å². The summed E-state index contributed by atoms with van der Waals surface area (Å²) < 4.78 is 8.07. The van der Waals surface area contributed by atoms with Crippen LogP contribution in [-0.2, 0) is 11.2 Å². The number of aryl methyl sites for hydroxylation is 1. The summed E-state index contributed by atoms with van der Waals surface area (Å²) in [5.41, 5.74) is 4.34. The standard InChI is InChI=1S/C21H25N5O/c1-14(12-22)9-15(2)21-17(4)25-20(11-18-13-23-6-7-24-18)26(21)19-5-8-27-16(3)10-19/h6-7,9,13,16,19H,1,5,8,10-11H2,2-4H3/b15-9+/t16-,19?/m1/s1. The molecule has 0 N–H and O–H groups in total. The first-order valence-electron chi connectivity index (χ1n) is 9.21. The van der Waals surface area contributed by atoms with Crippen molar-refractivity contribution in [3.63, 3.8) is 0 Å².